The monoisotopic (exact) mass is 348 g/mol. The second-order valence-electron chi connectivity index (χ2n) is 7.25. The number of rotatable bonds is 7. The van der Waals surface area contributed by atoms with Gasteiger partial charge in [-0.3, -0.25) is 14.3 Å². The first kappa shape index (κ1) is 17.9. The van der Waals surface area contributed by atoms with Gasteiger partial charge in [-0.05, 0) is 31.2 Å². The fraction of sp³-hybridized carbons (Fsp3) is 0.722. The average Bonchev–Trinajstić information content (AvgIpc) is 3.33. The molecule has 25 heavy (non-hydrogen) atoms. The summed E-state index contributed by atoms with van der Waals surface area (Å²) in [6.45, 7) is 1.95. The maximum Gasteiger partial charge on any atom is 0.228 e. The Labute approximate surface area is 148 Å². The second-order valence-corrected chi connectivity index (χ2v) is 7.25. The van der Waals surface area contributed by atoms with Crippen LogP contribution in [0.2, 0.25) is 0 Å². The summed E-state index contributed by atoms with van der Waals surface area (Å²) in [6.07, 6.45) is 5.23. The lowest BCUT2D eigenvalue weighted by molar-refractivity contribution is -0.146. The van der Waals surface area contributed by atoms with Crippen LogP contribution >= 0.6 is 0 Å². The topological polar surface area (TPSA) is 67.7 Å². The summed E-state index contributed by atoms with van der Waals surface area (Å²) in [6, 6.07) is 1.62. The Morgan fingerprint density at radius 3 is 2.76 bits per heavy atom. The van der Waals surface area contributed by atoms with Gasteiger partial charge in [0, 0.05) is 46.9 Å². The van der Waals surface area contributed by atoms with Crippen LogP contribution in [0, 0.1) is 11.8 Å². The minimum absolute atomic E-state index is 0.0700. The van der Waals surface area contributed by atoms with Gasteiger partial charge in [0.2, 0.25) is 11.8 Å². The third-order valence-electron chi connectivity index (χ3n) is 5.34. The second kappa shape index (κ2) is 7.56. The Morgan fingerprint density at radius 1 is 1.36 bits per heavy atom. The number of piperidine rings is 1. The highest BCUT2D eigenvalue weighted by molar-refractivity contribution is 5.84. The number of amides is 2. The van der Waals surface area contributed by atoms with Gasteiger partial charge in [-0.25, -0.2) is 0 Å². The Hall–Kier alpha value is -1.89. The highest BCUT2D eigenvalue weighted by Gasteiger charge is 2.41. The first-order chi connectivity index (χ1) is 12.0. The van der Waals surface area contributed by atoms with Gasteiger partial charge >= 0.3 is 0 Å². The van der Waals surface area contributed by atoms with Gasteiger partial charge in [-0.1, -0.05) is 0 Å². The molecule has 0 N–H and O–H groups in total. The molecule has 1 saturated carbocycles. The van der Waals surface area contributed by atoms with E-state index in [1.807, 2.05) is 20.2 Å². The van der Waals surface area contributed by atoms with Crippen molar-refractivity contribution in [1.82, 2.24) is 19.6 Å². The van der Waals surface area contributed by atoms with Crippen LogP contribution in [0.15, 0.2) is 12.3 Å². The normalized spacial score (nSPS) is 23.8. The number of likely N-dealkylation sites (tertiary alicyclic amines) is 1. The van der Waals surface area contributed by atoms with Crippen LogP contribution in [-0.2, 0) is 21.4 Å². The van der Waals surface area contributed by atoms with E-state index < -0.39 is 0 Å². The Kier molecular flexibility index (Phi) is 5.42. The molecule has 0 spiro atoms. The van der Waals surface area contributed by atoms with Crippen molar-refractivity contribution in [3.63, 3.8) is 0 Å². The number of aromatic nitrogens is 2. The number of hydrogen-bond donors (Lipinski definition) is 0. The van der Waals surface area contributed by atoms with Crippen LogP contribution in [-0.4, -0.2) is 65.2 Å². The fourth-order valence-corrected chi connectivity index (χ4v) is 3.50. The summed E-state index contributed by atoms with van der Waals surface area (Å²) < 4.78 is 7.40. The number of aryl methyl sites for hydroxylation is 1. The zero-order valence-electron chi connectivity index (χ0n) is 15.4. The first-order valence-electron chi connectivity index (χ1n) is 9.05. The van der Waals surface area contributed by atoms with E-state index >= 15 is 0 Å². The number of hydrogen-bond acceptors (Lipinski definition) is 4. The molecule has 2 heterocycles. The summed E-state index contributed by atoms with van der Waals surface area (Å²) >= 11 is 0. The molecule has 0 radical (unpaired) electrons. The standard InChI is InChI=1S/C18H28N4O3/c1-20(10-11-25-12-13-4-5-13)18(24)14-6-7-16(23)21(2)17(14)15-8-9-19-22(15)3/h8-9,13-14,17H,4-7,10-12H2,1-3H3/t14-,17-/m0/s1. The van der Waals surface area contributed by atoms with Gasteiger partial charge in [0.15, 0.2) is 0 Å². The van der Waals surface area contributed by atoms with E-state index in [-0.39, 0.29) is 23.8 Å². The number of likely N-dealkylation sites (N-methyl/N-ethyl adjacent to an activating group) is 1. The molecule has 1 aliphatic carbocycles. The lowest BCUT2D eigenvalue weighted by Gasteiger charge is -2.39. The van der Waals surface area contributed by atoms with Gasteiger partial charge < -0.3 is 14.5 Å². The summed E-state index contributed by atoms with van der Waals surface area (Å²) in [7, 11) is 5.44. The first-order valence-corrected chi connectivity index (χ1v) is 9.05. The zero-order valence-corrected chi connectivity index (χ0v) is 15.4. The fourth-order valence-electron chi connectivity index (χ4n) is 3.50. The van der Waals surface area contributed by atoms with Crippen molar-refractivity contribution in [2.45, 2.75) is 31.7 Å². The van der Waals surface area contributed by atoms with Gasteiger partial charge in [0.1, 0.15) is 0 Å². The van der Waals surface area contributed by atoms with Gasteiger partial charge in [-0.15, -0.1) is 0 Å². The van der Waals surface area contributed by atoms with E-state index in [1.54, 1.807) is 27.7 Å². The number of carbonyl (C=O) groups is 2. The molecule has 138 valence electrons. The molecule has 2 amide bonds. The van der Waals surface area contributed by atoms with Crippen LogP contribution < -0.4 is 0 Å². The number of nitrogens with zero attached hydrogens (tertiary/aromatic N) is 4. The predicted octanol–water partition coefficient (Wildman–Crippen LogP) is 1.21. The highest BCUT2D eigenvalue weighted by atomic mass is 16.5. The third-order valence-corrected chi connectivity index (χ3v) is 5.34. The summed E-state index contributed by atoms with van der Waals surface area (Å²) in [5, 5.41) is 4.21. The van der Waals surface area contributed by atoms with E-state index in [1.165, 1.54) is 12.8 Å². The Morgan fingerprint density at radius 2 is 2.12 bits per heavy atom. The Bertz CT molecular complexity index is 626. The SMILES string of the molecule is CN(CCOCC1CC1)C(=O)[C@H]1CCC(=O)N(C)[C@@H]1c1ccnn1C. The predicted molar refractivity (Wildman–Crippen MR) is 92.6 cm³/mol. The molecule has 0 bridgehead atoms. The third kappa shape index (κ3) is 4.03. The van der Waals surface area contributed by atoms with Gasteiger partial charge in [-0.2, -0.15) is 5.10 Å². The molecule has 2 atom stereocenters. The molecule has 1 aromatic heterocycles. The molecule has 7 nitrogen and oxygen atoms in total. The summed E-state index contributed by atoms with van der Waals surface area (Å²) in [4.78, 5) is 28.6. The van der Waals surface area contributed by atoms with Crippen molar-refractivity contribution in [3.05, 3.63) is 18.0 Å². The minimum Gasteiger partial charge on any atom is -0.379 e. The van der Waals surface area contributed by atoms with Crippen molar-refractivity contribution in [2.75, 3.05) is 33.9 Å². The molecule has 7 heteroatoms. The zero-order chi connectivity index (χ0) is 18.0. The van der Waals surface area contributed by atoms with E-state index in [4.69, 9.17) is 4.74 Å². The quantitative estimate of drug-likeness (QED) is 0.695. The van der Waals surface area contributed by atoms with Crippen LogP contribution in [0.25, 0.3) is 0 Å². The molecule has 2 fully saturated rings. The lowest BCUT2D eigenvalue weighted by atomic mass is 9.86. The summed E-state index contributed by atoms with van der Waals surface area (Å²) in [5.74, 6) is 0.631. The van der Waals surface area contributed by atoms with E-state index in [0.29, 0.717) is 26.0 Å². The van der Waals surface area contributed by atoms with Crippen LogP contribution in [0.3, 0.4) is 0 Å². The van der Waals surface area contributed by atoms with Crippen LogP contribution in [0.4, 0.5) is 0 Å². The molecule has 1 aromatic rings. The smallest absolute Gasteiger partial charge is 0.228 e. The molecular formula is C18H28N4O3. The van der Waals surface area contributed by atoms with Crippen molar-refractivity contribution < 1.29 is 14.3 Å². The molecular weight excluding hydrogens is 320 g/mol. The summed E-state index contributed by atoms with van der Waals surface area (Å²) in [5.41, 5.74) is 0.896. The number of carbonyl (C=O) groups excluding carboxylic acids is 2. The average molecular weight is 348 g/mol. The van der Waals surface area contributed by atoms with Crippen molar-refractivity contribution >= 4 is 11.8 Å². The number of ether oxygens (including phenoxy) is 1. The molecule has 0 aromatic carbocycles. The lowest BCUT2D eigenvalue weighted by Crippen LogP contribution is -2.47. The molecule has 2 aliphatic rings. The van der Waals surface area contributed by atoms with Gasteiger partial charge in [0.05, 0.1) is 24.3 Å². The highest BCUT2D eigenvalue weighted by Crippen LogP contribution is 2.36. The minimum atomic E-state index is -0.268. The van der Waals surface area contributed by atoms with Crippen LogP contribution in [0.5, 0.6) is 0 Å². The maximum atomic E-state index is 13.0. The van der Waals surface area contributed by atoms with E-state index in [0.717, 1.165) is 18.2 Å². The Balaban J connectivity index is 1.65. The molecule has 0 unspecified atom stereocenters. The largest absolute Gasteiger partial charge is 0.379 e. The van der Waals surface area contributed by atoms with E-state index in [9.17, 15) is 9.59 Å². The van der Waals surface area contributed by atoms with Crippen LogP contribution in [0.1, 0.15) is 37.4 Å². The van der Waals surface area contributed by atoms with Crippen molar-refractivity contribution in [2.24, 2.45) is 18.9 Å². The van der Waals surface area contributed by atoms with E-state index in [2.05, 4.69) is 5.10 Å². The van der Waals surface area contributed by atoms with Crippen molar-refractivity contribution in [3.8, 4) is 0 Å². The molecule has 1 saturated heterocycles. The van der Waals surface area contributed by atoms with Crippen molar-refractivity contribution in [1.29, 1.82) is 0 Å². The molecule has 1 aliphatic heterocycles. The molecule has 3 rings (SSSR count). The van der Waals surface area contributed by atoms with Gasteiger partial charge in [0.25, 0.3) is 0 Å². The maximum absolute atomic E-state index is 13.0.